The molecule has 0 aromatic heterocycles. The predicted octanol–water partition coefficient (Wildman–Crippen LogP) is 6.26. The summed E-state index contributed by atoms with van der Waals surface area (Å²) in [5, 5.41) is 9.10. The third kappa shape index (κ3) is 4.82. The standard InChI is InChI=1S/C28H30O3/c1-21(27(29)30)20-22-12-14-25(15-13-22)31-26-16-18-28(19-17-26,23-8-4-2-5-9-23)24-10-6-3-7-11-24/h2-15,21,26H,16-20H2,1H3,(H,29,30). The van der Waals surface area contributed by atoms with Gasteiger partial charge in [0.1, 0.15) is 5.75 Å². The Morgan fingerprint density at radius 2 is 1.42 bits per heavy atom. The van der Waals surface area contributed by atoms with Crippen LogP contribution < -0.4 is 4.74 Å². The van der Waals surface area contributed by atoms with Crippen LogP contribution in [0.15, 0.2) is 84.9 Å². The summed E-state index contributed by atoms with van der Waals surface area (Å²) in [6.07, 6.45) is 4.85. The summed E-state index contributed by atoms with van der Waals surface area (Å²) in [5.41, 5.74) is 3.84. The topological polar surface area (TPSA) is 46.5 Å². The molecule has 3 heteroatoms. The summed E-state index contributed by atoms with van der Waals surface area (Å²) in [4.78, 5) is 11.1. The molecule has 31 heavy (non-hydrogen) atoms. The number of carbonyl (C=O) groups is 1. The van der Waals surface area contributed by atoms with Crippen LogP contribution in [0.3, 0.4) is 0 Å². The summed E-state index contributed by atoms with van der Waals surface area (Å²) < 4.78 is 6.31. The van der Waals surface area contributed by atoms with E-state index in [4.69, 9.17) is 9.84 Å². The highest BCUT2D eigenvalue weighted by Crippen LogP contribution is 2.45. The minimum atomic E-state index is -0.761. The maximum Gasteiger partial charge on any atom is 0.306 e. The number of hydrogen-bond acceptors (Lipinski definition) is 2. The van der Waals surface area contributed by atoms with Gasteiger partial charge in [0, 0.05) is 5.41 Å². The molecule has 1 fully saturated rings. The van der Waals surface area contributed by atoms with Gasteiger partial charge < -0.3 is 9.84 Å². The number of rotatable bonds is 7. The molecule has 3 nitrogen and oxygen atoms in total. The van der Waals surface area contributed by atoms with Crippen molar-refractivity contribution in [2.24, 2.45) is 5.92 Å². The van der Waals surface area contributed by atoms with Crippen molar-refractivity contribution < 1.29 is 14.6 Å². The number of hydrogen-bond donors (Lipinski definition) is 1. The lowest BCUT2D eigenvalue weighted by atomic mass is 9.65. The maximum atomic E-state index is 11.1. The van der Waals surface area contributed by atoms with Crippen LogP contribution in [0.5, 0.6) is 5.75 Å². The first-order valence-corrected chi connectivity index (χ1v) is 11.2. The van der Waals surface area contributed by atoms with Gasteiger partial charge in [0.05, 0.1) is 12.0 Å². The largest absolute Gasteiger partial charge is 0.490 e. The Hall–Kier alpha value is -3.07. The molecule has 0 bridgehead atoms. The summed E-state index contributed by atoms with van der Waals surface area (Å²) in [6.45, 7) is 1.74. The second kappa shape index (κ2) is 9.38. The van der Waals surface area contributed by atoms with E-state index in [0.717, 1.165) is 37.0 Å². The van der Waals surface area contributed by atoms with E-state index < -0.39 is 5.97 Å². The molecule has 0 spiro atoms. The molecular formula is C28H30O3. The Balaban J connectivity index is 1.44. The van der Waals surface area contributed by atoms with Gasteiger partial charge >= 0.3 is 5.97 Å². The molecule has 1 aliphatic rings. The lowest BCUT2D eigenvalue weighted by Gasteiger charge is -2.41. The van der Waals surface area contributed by atoms with E-state index in [9.17, 15) is 4.79 Å². The molecule has 1 unspecified atom stereocenters. The minimum absolute atomic E-state index is 0.0409. The van der Waals surface area contributed by atoms with Crippen LogP contribution in [-0.2, 0) is 16.6 Å². The predicted molar refractivity (Wildman–Crippen MR) is 123 cm³/mol. The van der Waals surface area contributed by atoms with E-state index in [-0.39, 0.29) is 17.4 Å². The van der Waals surface area contributed by atoms with Crippen LogP contribution in [0, 0.1) is 5.92 Å². The Morgan fingerprint density at radius 3 is 1.90 bits per heavy atom. The van der Waals surface area contributed by atoms with Crippen molar-refractivity contribution in [1.29, 1.82) is 0 Å². The molecule has 0 aliphatic heterocycles. The number of benzene rings is 3. The monoisotopic (exact) mass is 414 g/mol. The summed E-state index contributed by atoms with van der Waals surface area (Å²) in [7, 11) is 0. The Bertz CT molecular complexity index is 930. The van der Waals surface area contributed by atoms with Crippen molar-refractivity contribution in [3.8, 4) is 5.75 Å². The molecule has 0 saturated heterocycles. The maximum absolute atomic E-state index is 11.1. The van der Waals surface area contributed by atoms with E-state index in [0.29, 0.717) is 6.42 Å². The van der Waals surface area contributed by atoms with E-state index in [2.05, 4.69) is 60.7 Å². The van der Waals surface area contributed by atoms with Crippen molar-refractivity contribution in [3.05, 3.63) is 102 Å². The molecule has 1 N–H and O–H groups in total. The molecule has 0 heterocycles. The lowest BCUT2D eigenvalue weighted by molar-refractivity contribution is -0.141. The van der Waals surface area contributed by atoms with Crippen LogP contribution in [0.2, 0.25) is 0 Å². The van der Waals surface area contributed by atoms with Crippen LogP contribution >= 0.6 is 0 Å². The summed E-state index contributed by atoms with van der Waals surface area (Å²) in [6, 6.07) is 29.6. The Labute approximate surface area is 184 Å². The number of aliphatic carboxylic acids is 1. The zero-order chi connectivity index (χ0) is 21.7. The zero-order valence-electron chi connectivity index (χ0n) is 18.0. The molecule has 0 amide bonds. The zero-order valence-corrected chi connectivity index (χ0v) is 18.0. The van der Waals surface area contributed by atoms with Crippen molar-refractivity contribution >= 4 is 5.97 Å². The number of carboxylic acid groups (broad SMARTS) is 1. The fraction of sp³-hybridized carbons (Fsp3) is 0.321. The average molecular weight is 415 g/mol. The molecular weight excluding hydrogens is 384 g/mol. The molecule has 160 valence electrons. The summed E-state index contributed by atoms with van der Waals surface area (Å²) in [5.74, 6) is -0.277. The van der Waals surface area contributed by atoms with Gasteiger partial charge in [-0.1, -0.05) is 79.7 Å². The first kappa shape index (κ1) is 21.2. The van der Waals surface area contributed by atoms with Crippen LogP contribution in [0.25, 0.3) is 0 Å². The number of ether oxygens (including phenoxy) is 1. The van der Waals surface area contributed by atoms with Crippen molar-refractivity contribution in [1.82, 2.24) is 0 Å². The third-order valence-electron chi connectivity index (χ3n) is 6.63. The quantitative estimate of drug-likeness (QED) is 0.496. The molecule has 4 rings (SSSR count). The molecule has 3 aromatic carbocycles. The molecule has 1 saturated carbocycles. The second-order valence-electron chi connectivity index (χ2n) is 8.72. The first-order chi connectivity index (χ1) is 15.1. The number of carboxylic acids is 1. The van der Waals surface area contributed by atoms with E-state index in [1.807, 2.05) is 24.3 Å². The van der Waals surface area contributed by atoms with E-state index in [1.165, 1.54) is 11.1 Å². The van der Waals surface area contributed by atoms with Gasteiger partial charge in [-0.3, -0.25) is 4.79 Å². The summed E-state index contributed by atoms with van der Waals surface area (Å²) >= 11 is 0. The van der Waals surface area contributed by atoms with Gasteiger partial charge in [-0.05, 0) is 60.9 Å². The van der Waals surface area contributed by atoms with Crippen molar-refractivity contribution in [2.75, 3.05) is 0 Å². The Kier molecular flexibility index (Phi) is 6.41. The van der Waals surface area contributed by atoms with E-state index >= 15 is 0 Å². The fourth-order valence-electron chi connectivity index (χ4n) is 4.80. The SMILES string of the molecule is CC(Cc1ccc(OC2CCC(c3ccccc3)(c3ccccc3)CC2)cc1)C(=O)O. The van der Waals surface area contributed by atoms with Crippen LogP contribution in [-0.4, -0.2) is 17.2 Å². The Morgan fingerprint density at radius 1 is 0.903 bits per heavy atom. The highest BCUT2D eigenvalue weighted by molar-refractivity contribution is 5.69. The van der Waals surface area contributed by atoms with Gasteiger partial charge in [-0.2, -0.15) is 0 Å². The van der Waals surface area contributed by atoms with Crippen LogP contribution in [0.1, 0.15) is 49.3 Å². The average Bonchev–Trinajstić information content (AvgIpc) is 2.82. The first-order valence-electron chi connectivity index (χ1n) is 11.2. The van der Waals surface area contributed by atoms with Gasteiger partial charge in [0.15, 0.2) is 0 Å². The van der Waals surface area contributed by atoms with Gasteiger partial charge in [0.2, 0.25) is 0 Å². The molecule has 3 aromatic rings. The minimum Gasteiger partial charge on any atom is -0.490 e. The fourth-order valence-corrected chi connectivity index (χ4v) is 4.80. The highest BCUT2D eigenvalue weighted by Gasteiger charge is 2.38. The van der Waals surface area contributed by atoms with Crippen molar-refractivity contribution in [2.45, 2.75) is 50.5 Å². The second-order valence-corrected chi connectivity index (χ2v) is 8.72. The van der Waals surface area contributed by atoms with Crippen molar-refractivity contribution in [3.63, 3.8) is 0 Å². The molecule has 1 aliphatic carbocycles. The highest BCUT2D eigenvalue weighted by atomic mass is 16.5. The smallest absolute Gasteiger partial charge is 0.306 e. The normalized spacial score (nSPS) is 17.1. The van der Waals surface area contributed by atoms with Gasteiger partial charge in [-0.15, -0.1) is 0 Å². The molecule has 1 atom stereocenters. The van der Waals surface area contributed by atoms with Gasteiger partial charge in [0.25, 0.3) is 0 Å². The van der Waals surface area contributed by atoms with Crippen LogP contribution in [0.4, 0.5) is 0 Å². The third-order valence-corrected chi connectivity index (χ3v) is 6.63. The van der Waals surface area contributed by atoms with E-state index in [1.54, 1.807) is 6.92 Å². The lowest BCUT2D eigenvalue weighted by Crippen LogP contribution is -2.36. The molecule has 0 radical (unpaired) electrons. The van der Waals surface area contributed by atoms with Gasteiger partial charge in [-0.25, -0.2) is 0 Å².